The van der Waals surface area contributed by atoms with E-state index < -0.39 is 0 Å². The van der Waals surface area contributed by atoms with Crippen molar-refractivity contribution in [1.29, 1.82) is 0 Å². The molecule has 1 aliphatic rings. The number of aromatic nitrogens is 1. The molecule has 0 bridgehead atoms. The number of ether oxygens (including phenoxy) is 1. The van der Waals surface area contributed by atoms with Crippen molar-refractivity contribution in [3.05, 3.63) is 24.1 Å². The number of methoxy groups -OCH3 is 1. The zero-order chi connectivity index (χ0) is 11.7. The summed E-state index contributed by atoms with van der Waals surface area (Å²) >= 11 is 0. The molecule has 3 rings (SSSR count). The second-order valence-corrected chi connectivity index (χ2v) is 4.72. The van der Waals surface area contributed by atoms with Crippen LogP contribution in [0.4, 0.5) is 0 Å². The summed E-state index contributed by atoms with van der Waals surface area (Å²) in [6, 6.07) is 5.79. The van der Waals surface area contributed by atoms with Crippen molar-refractivity contribution in [2.45, 2.75) is 38.0 Å². The maximum atomic E-state index is 5.84. The number of benzene rings is 1. The minimum absolute atomic E-state index is 0.516. The van der Waals surface area contributed by atoms with Crippen LogP contribution in [0.25, 0.3) is 11.1 Å². The van der Waals surface area contributed by atoms with Crippen LogP contribution in [0, 0.1) is 0 Å². The highest BCUT2D eigenvalue weighted by Crippen LogP contribution is 2.34. The fraction of sp³-hybridized carbons (Fsp3) is 0.500. The Morgan fingerprint density at radius 1 is 1.24 bits per heavy atom. The van der Waals surface area contributed by atoms with Gasteiger partial charge in [0.1, 0.15) is 11.3 Å². The standard InChI is InChI=1S/C14H17NO2/c1-16-11-7-8-13-12(9-11)15-14(17-13)10-5-3-2-4-6-10/h7-10H,2-6H2,1H3. The molecule has 17 heavy (non-hydrogen) atoms. The number of hydrogen-bond acceptors (Lipinski definition) is 3. The Bertz CT molecular complexity index is 512. The lowest BCUT2D eigenvalue weighted by atomic mass is 9.89. The fourth-order valence-corrected chi connectivity index (χ4v) is 2.58. The fourth-order valence-electron chi connectivity index (χ4n) is 2.58. The Labute approximate surface area is 101 Å². The molecule has 1 aliphatic carbocycles. The van der Waals surface area contributed by atoms with Crippen molar-refractivity contribution in [2.24, 2.45) is 0 Å². The summed E-state index contributed by atoms with van der Waals surface area (Å²) in [7, 11) is 1.67. The Balaban J connectivity index is 1.95. The number of oxazole rings is 1. The Morgan fingerprint density at radius 3 is 2.82 bits per heavy atom. The van der Waals surface area contributed by atoms with E-state index in [9.17, 15) is 0 Å². The van der Waals surface area contributed by atoms with Gasteiger partial charge in [-0.05, 0) is 25.0 Å². The number of hydrogen-bond donors (Lipinski definition) is 0. The SMILES string of the molecule is COc1ccc2oc(C3CCCCC3)nc2c1. The Morgan fingerprint density at radius 2 is 2.06 bits per heavy atom. The molecule has 1 aromatic carbocycles. The number of fused-ring (bicyclic) bond motifs is 1. The van der Waals surface area contributed by atoms with Crippen LogP contribution >= 0.6 is 0 Å². The first-order valence-electron chi connectivity index (χ1n) is 6.31. The average molecular weight is 231 g/mol. The summed E-state index contributed by atoms with van der Waals surface area (Å²) in [5.74, 6) is 2.26. The van der Waals surface area contributed by atoms with Crippen molar-refractivity contribution < 1.29 is 9.15 Å². The van der Waals surface area contributed by atoms with Crippen molar-refractivity contribution in [3.63, 3.8) is 0 Å². The summed E-state index contributed by atoms with van der Waals surface area (Å²) < 4.78 is 11.0. The van der Waals surface area contributed by atoms with Crippen LogP contribution in [-0.2, 0) is 0 Å². The zero-order valence-corrected chi connectivity index (χ0v) is 10.1. The predicted octanol–water partition coefficient (Wildman–Crippen LogP) is 3.88. The zero-order valence-electron chi connectivity index (χ0n) is 10.1. The lowest BCUT2D eigenvalue weighted by Crippen LogP contribution is -2.04. The molecule has 0 spiro atoms. The minimum Gasteiger partial charge on any atom is -0.497 e. The molecule has 0 radical (unpaired) electrons. The maximum Gasteiger partial charge on any atom is 0.198 e. The molecule has 0 amide bonds. The third kappa shape index (κ3) is 2.02. The molecule has 0 aliphatic heterocycles. The molecule has 3 nitrogen and oxygen atoms in total. The van der Waals surface area contributed by atoms with Gasteiger partial charge in [-0.15, -0.1) is 0 Å². The van der Waals surface area contributed by atoms with Crippen LogP contribution in [0.15, 0.2) is 22.6 Å². The first kappa shape index (κ1) is 10.6. The molecule has 0 atom stereocenters. The summed E-state index contributed by atoms with van der Waals surface area (Å²) in [6.07, 6.45) is 6.37. The van der Waals surface area contributed by atoms with Crippen LogP contribution in [-0.4, -0.2) is 12.1 Å². The van der Waals surface area contributed by atoms with Gasteiger partial charge >= 0.3 is 0 Å². The Kier molecular flexibility index (Phi) is 2.75. The molecule has 0 saturated heterocycles. The minimum atomic E-state index is 0.516. The molecule has 1 aromatic heterocycles. The van der Waals surface area contributed by atoms with Crippen LogP contribution in [0.2, 0.25) is 0 Å². The maximum absolute atomic E-state index is 5.84. The van der Waals surface area contributed by atoms with E-state index in [-0.39, 0.29) is 0 Å². The molecule has 0 unspecified atom stereocenters. The summed E-state index contributed by atoms with van der Waals surface area (Å²) in [6.45, 7) is 0. The largest absolute Gasteiger partial charge is 0.497 e. The van der Waals surface area contributed by atoms with Gasteiger partial charge in [0.15, 0.2) is 11.5 Å². The van der Waals surface area contributed by atoms with Gasteiger partial charge in [-0.3, -0.25) is 0 Å². The van der Waals surface area contributed by atoms with E-state index >= 15 is 0 Å². The van der Waals surface area contributed by atoms with Gasteiger partial charge in [0, 0.05) is 12.0 Å². The molecule has 3 heteroatoms. The highest BCUT2D eigenvalue weighted by atomic mass is 16.5. The van der Waals surface area contributed by atoms with Gasteiger partial charge in [-0.25, -0.2) is 4.98 Å². The lowest BCUT2D eigenvalue weighted by molar-refractivity contribution is 0.373. The molecular formula is C14H17NO2. The molecule has 1 fully saturated rings. The van der Waals surface area contributed by atoms with E-state index in [1.54, 1.807) is 7.11 Å². The molecule has 1 saturated carbocycles. The smallest absolute Gasteiger partial charge is 0.198 e. The Hall–Kier alpha value is -1.51. The van der Waals surface area contributed by atoms with Crippen LogP contribution < -0.4 is 4.74 Å². The average Bonchev–Trinajstić information content (AvgIpc) is 2.82. The third-order valence-electron chi connectivity index (χ3n) is 3.57. The summed E-state index contributed by atoms with van der Waals surface area (Å²) in [5.41, 5.74) is 1.77. The van der Waals surface area contributed by atoms with E-state index in [1.807, 2.05) is 18.2 Å². The highest BCUT2D eigenvalue weighted by Gasteiger charge is 2.20. The monoisotopic (exact) mass is 231 g/mol. The molecule has 90 valence electrons. The first-order valence-corrected chi connectivity index (χ1v) is 6.31. The van der Waals surface area contributed by atoms with Crippen molar-refractivity contribution in [2.75, 3.05) is 7.11 Å². The molecule has 2 aromatic rings. The lowest BCUT2D eigenvalue weighted by Gasteiger charge is -2.17. The van der Waals surface area contributed by atoms with E-state index in [2.05, 4.69) is 4.98 Å². The van der Waals surface area contributed by atoms with E-state index in [0.717, 1.165) is 22.7 Å². The molecular weight excluding hydrogens is 214 g/mol. The first-order chi connectivity index (χ1) is 8.36. The molecule has 0 N–H and O–H groups in total. The normalized spacial score (nSPS) is 17.5. The van der Waals surface area contributed by atoms with Gasteiger partial charge in [-0.2, -0.15) is 0 Å². The highest BCUT2D eigenvalue weighted by molar-refractivity contribution is 5.74. The summed E-state index contributed by atoms with van der Waals surface area (Å²) in [4.78, 5) is 4.60. The predicted molar refractivity (Wildman–Crippen MR) is 66.4 cm³/mol. The van der Waals surface area contributed by atoms with Crippen LogP contribution in [0.5, 0.6) is 5.75 Å². The van der Waals surface area contributed by atoms with Crippen molar-refractivity contribution in [1.82, 2.24) is 4.98 Å². The van der Waals surface area contributed by atoms with Gasteiger partial charge in [0.25, 0.3) is 0 Å². The van der Waals surface area contributed by atoms with Crippen LogP contribution in [0.1, 0.15) is 43.9 Å². The van der Waals surface area contributed by atoms with Crippen molar-refractivity contribution in [3.8, 4) is 5.75 Å². The van der Waals surface area contributed by atoms with Gasteiger partial charge in [0.2, 0.25) is 0 Å². The second-order valence-electron chi connectivity index (χ2n) is 4.72. The van der Waals surface area contributed by atoms with E-state index in [0.29, 0.717) is 5.92 Å². The van der Waals surface area contributed by atoms with Gasteiger partial charge in [-0.1, -0.05) is 19.3 Å². The van der Waals surface area contributed by atoms with Crippen molar-refractivity contribution >= 4 is 11.1 Å². The number of nitrogens with zero attached hydrogens (tertiary/aromatic N) is 1. The van der Waals surface area contributed by atoms with E-state index in [4.69, 9.17) is 9.15 Å². The van der Waals surface area contributed by atoms with Crippen LogP contribution in [0.3, 0.4) is 0 Å². The second kappa shape index (κ2) is 4.40. The van der Waals surface area contributed by atoms with Gasteiger partial charge in [0.05, 0.1) is 7.11 Å². The third-order valence-corrected chi connectivity index (χ3v) is 3.57. The topological polar surface area (TPSA) is 35.3 Å². The quantitative estimate of drug-likeness (QED) is 0.786. The number of rotatable bonds is 2. The summed E-state index contributed by atoms with van der Waals surface area (Å²) in [5, 5.41) is 0. The van der Waals surface area contributed by atoms with E-state index in [1.165, 1.54) is 32.1 Å². The molecule has 1 heterocycles. The van der Waals surface area contributed by atoms with Gasteiger partial charge < -0.3 is 9.15 Å².